The standard InChI is InChI=1S/C13H15N3O2/c1-8(9(2)17)14-13(18)12-10-6-4-5-7-11(10)16(3)15-12/h4-8H,1-3H3,(H,14,18). The normalized spacial score (nSPS) is 12.4. The molecule has 0 fully saturated rings. The second kappa shape index (κ2) is 4.60. The molecule has 1 amide bonds. The van der Waals surface area contributed by atoms with Crippen molar-refractivity contribution in [3.63, 3.8) is 0 Å². The van der Waals surface area contributed by atoms with Crippen molar-refractivity contribution in [1.29, 1.82) is 0 Å². The average molecular weight is 245 g/mol. The smallest absolute Gasteiger partial charge is 0.273 e. The quantitative estimate of drug-likeness (QED) is 0.886. The van der Waals surface area contributed by atoms with Gasteiger partial charge in [0.25, 0.3) is 5.91 Å². The molecule has 0 aliphatic rings. The number of hydrogen-bond donors (Lipinski definition) is 1. The van der Waals surface area contributed by atoms with Crippen LogP contribution < -0.4 is 5.32 Å². The summed E-state index contributed by atoms with van der Waals surface area (Å²) in [6, 6.07) is 6.99. The van der Waals surface area contributed by atoms with E-state index in [1.807, 2.05) is 24.3 Å². The van der Waals surface area contributed by atoms with Crippen LogP contribution in [-0.2, 0) is 11.8 Å². The topological polar surface area (TPSA) is 64.0 Å². The first-order valence-corrected chi connectivity index (χ1v) is 5.73. The number of para-hydroxylation sites is 1. The first-order chi connectivity index (χ1) is 8.50. The third kappa shape index (κ3) is 2.11. The van der Waals surface area contributed by atoms with Crippen molar-refractivity contribution < 1.29 is 9.59 Å². The SMILES string of the molecule is CC(=O)C(C)NC(=O)c1nn(C)c2ccccc12. The fraction of sp³-hybridized carbons (Fsp3) is 0.308. The number of ketones is 1. The molecule has 1 unspecified atom stereocenters. The number of hydrogen-bond acceptors (Lipinski definition) is 3. The van der Waals surface area contributed by atoms with E-state index in [1.54, 1.807) is 18.7 Å². The van der Waals surface area contributed by atoms with Gasteiger partial charge in [0.05, 0.1) is 11.6 Å². The Morgan fingerprint density at radius 3 is 2.67 bits per heavy atom. The number of amides is 1. The van der Waals surface area contributed by atoms with Gasteiger partial charge in [-0.2, -0.15) is 5.10 Å². The molecular formula is C13H15N3O2. The van der Waals surface area contributed by atoms with Gasteiger partial charge in [0.1, 0.15) is 0 Å². The lowest BCUT2D eigenvalue weighted by atomic mass is 10.2. The van der Waals surface area contributed by atoms with E-state index in [4.69, 9.17) is 0 Å². The minimum Gasteiger partial charge on any atom is -0.341 e. The van der Waals surface area contributed by atoms with Crippen LogP contribution in [0.25, 0.3) is 10.9 Å². The molecule has 0 saturated carbocycles. The lowest BCUT2D eigenvalue weighted by Crippen LogP contribution is -2.37. The highest BCUT2D eigenvalue weighted by Crippen LogP contribution is 2.17. The van der Waals surface area contributed by atoms with Crippen LogP contribution in [0.5, 0.6) is 0 Å². The van der Waals surface area contributed by atoms with Crippen LogP contribution >= 0.6 is 0 Å². The molecule has 1 N–H and O–H groups in total. The third-order valence-electron chi connectivity index (χ3n) is 2.93. The van der Waals surface area contributed by atoms with E-state index >= 15 is 0 Å². The molecule has 1 atom stereocenters. The fourth-order valence-electron chi connectivity index (χ4n) is 1.75. The molecule has 1 aromatic heterocycles. The summed E-state index contributed by atoms with van der Waals surface area (Å²) in [5, 5.41) is 7.62. The Labute approximate surface area is 105 Å². The third-order valence-corrected chi connectivity index (χ3v) is 2.93. The van der Waals surface area contributed by atoms with Gasteiger partial charge in [-0.05, 0) is 19.9 Å². The van der Waals surface area contributed by atoms with Crippen molar-refractivity contribution in [3.05, 3.63) is 30.0 Å². The summed E-state index contributed by atoms with van der Waals surface area (Å²) in [5.41, 5.74) is 1.24. The number of aryl methyl sites for hydroxylation is 1. The zero-order valence-corrected chi connectivity index (χ0v) is 10.6. The van der Waals surface area contributed by atoms with Crippen molar-refractivity contribution >= 4 is 22.6 Å². The number of benzene rings is 1. The number of Topliss-reactive ketones (excluding diaryl/α,β-unsaturated/α-hetero) is 1. The molecule has 5 heteroatoms. The average Bonchev–Trinajstić information content (AvgIpc) is 2.67. The van der Waals surface area contributed by atoms with Gasteiger partial charge in [-0.15, -0.1) is 0 Å². The second-order valence-corrected chi connectivity index (χ2v) is 4.30. The largest absolute Gasteiger partial charge is 0.341 e. The van der Waals surface area contributed by atoms with Gasteiger partial charge in [0.15, 0.2) is 11.5 Å². The molecule has 5 nitrogen and oxygen atoms in total. The van der Waals surface area contributed by atoms with Crippen LogP contribution in [0.2, 0.25) is 0 Å². The first kappa shape index (κ1) is 12.3. The predicted molar refractivity (Wildman–Crippen MR) is 68.3 cm³/mol. The lowest BCUT2D eigenvalue weighted by molar-refractivity contribution is -0.118. The fourth-order valence-corrected chi connectivity index (χ4v) is 1.75. The number of fused-ring (bicyclic) bond motifs is 1. The molecule has 1 aromatic carbocycles. The Morgan fingerprint density at radius 2 is 2.00 bits per heavy atom. The van der Waals surface area contributed by atoms with Crippen LogP contribution in [0.15, 0.2) is 24.3 Å². The molecule has 18 heavy (non-hydrogen) atoms. The Balaban J connectivity index is 2.37. The summed E-state index contributed by atoms with van der Waals surface area (Å²) in [6.07, 6.45) is 0. The van der Waals surface area contributed by atoms with Crippen molar-refractivity contribution in [2.45, 2.75) is 19.9 Å². The van der Waals surface area contributed by atoms with Crippen LogP contribution in [-0.4, -0.2) is 27.5 Å². The van der Waals surface area contributed by atoms with E-state index in [-0.39, 0.29) is 11.7 Å². The van der Waals surface area contributed by atoms with Crippen LogP contribution in [0, 0.1) is 0 Å². The second-order valence-electron chi connectivity index (χ2n) is 4.30. The number of carbonyl (C=O) groups is 2. The van der Waals surface area contributed by atoms with E-state index < -0.39 is 6.04 Å². The molecule has 94 valence electrons. The molecule has 0 spiro atoms. The van der Waals surface area contributed by atoms with Gasteiger partial charge >= 0.3 is 0 Å². The van der Waals surface area contributed by atoms with E-state index in [0.717, 1.165) is 10.9 Å². The maximum absolute atomic E-state index is 12.0. The van der Waals surface area contributed by atoms with E-state index in [1.165, 1.54) is 6.92 Å². The zero-order valence-electron chi connectivity index (χ0n) is 10.6. The summed E-state index contributed by atoms with van der Waals surface area (Å²) in [7, 11) is 1.79. The highest BCUT2D eigenvalue weighted by atomic mass is 16.2. The number of carbonyl (C=O) groups excluding carboxylic acids is 2. The highest BCUT2D eigenvalue weighted by molar-refractivity contribution is 6.06. The van der Waals surface area contributed by atoms with Crippen molar-refractivity contribution in [1.82, 2.24) is 15.1 Å². The van der Waals surface area contributed by atoms with Crippen molar-refractivity contribution in [2.24, 2.45) is 7.05 Å². The Hall–Kier alpha value is -2.17. The van der Waals surface area contributed by atoms with Gasteiger partial charge < -0.3 is 5.32 Å². The van der Waals surface area contributed by atoms with E-state index in [2.05, 4.69) is 10.4 Å². The summed E-state index contributed by atoms with van der Waals surface area (Å²) in [5.74, 6) is -0.405. The number of nitrogens with one attached hydrogen (secondary N) is 1. The summed E-state index contributed by atoms with van der Waals surface area (Å²) in [6.45, 7) is 3.10. The zero-order chi connectivity index (χ0) is 13.3. The van der Waals surface area contributed by atoms with E-state index in [0.29, 0.717) is 5.69 Å². The molecule has 0 aliphatic carbocycles. The minimum atomic E-state index is -0.502. The Bertz CT molecular complexity index is 616. The Morgan fingerprint density at radius 1 is 1.33 bits per heavy atom. The first-order valence-electron chi connectivity index (χ1n) is 5.73. The van der Waals surface area contributed by atoms with Crippen molar-refractivity contribution in [3.8, 4) is 0 Å². The molecule has 0 bridgehead atoms. The van der Waals surface area contributed by atoms with Gasteiger partial charge in [-0.3, -0.25) is 14.3 Å². The number of nitrogens with zero attached hydrogens (tertiary/aromatic N) is 2. The van der Waals surface area contributed by atoms with Crippen LogP contribution in [0.4, 0.5) is 0 Å². The molecule has 1 heterocycles. The molecule has 0 radical (unpaired) electrons. The van der Waals surface area contributed by atoms with Gasteiger partial charge in [0, 0.05) is 12.4 Å². The number of rotatable bonds is 3. The number of aromatic nitrogens is 2. The summed E-state index contributed by atoms with van der Waals surface area (Å²) in [4.78, 5) is 23.2. The molecular weight excluding hydrogens is 230 g/mol. The highest BCUT2D eigenvalue weighted by Gasteiger charge is 2.18. The van der Waals surface area contributed by atoms with Crippen LogP contribution in [0.3, 0.4) is 0 Å². The monoisotopic (exact) mass is 245 g/mol. The molecule has 2 rings (SSSR count). The molecule has 2 aromatic rings. The lowest BCUT2D eigenvalue weighted by Gasteiger charge is -2.08. The maximum atomic E-state index is 12.0. The molecule has 0 saturated heterocycles. The summed E-state index contributed by atoms with van der Waals surface area (Å²) >= 11 is 0. The van der Waals surface area contributed by atoms with E-state index in [9.17, 15) is 9.59 Å². The van der Waals surface area contributed by atoms with Gasteiger partial charge in [-0.25, -0.2) is 0 Å². The molecule has 0 aliphatic heterocycles. The predicted octanol–water partition coefficient (Wildman–Crippen LogP) is 1.28. The minimum absolute atomic E-state index is 0.0800. The van der Waals surface area contributed by atoms with Crippen molar-refractivity contribution in [2.75, 3.05) is 0 Å². The van der Waals surface area contributed by atoms with Gasteiger partial charge in [0.2, 0.25) is 0 Å². The maximum Gasteiger partial charge on any atom is 0.273 e. The van der Waals surface area contributed by atoms with Crippen LogP contribution in [0.1, 0.15) is 24.3 Å². The Kier molecular flexibility index (Phi) is 3.14. The summed E-state index contributed by atoms with van der Waals surface area (Å²) < 4.78 is 1.66. The van der Waals surface area contributed by atoms with Gasteiger partial charge in [-0.1, -0.05) is 18.2 Å².